The molecule has 0 amide bonds. The van der Waals surface area contributed by atoms with Crippen molar-refractivity contribution in [2.75, 3.05) is 0 Å². The van der Waals surface area contributed by atoms with Crippen molar-refractivity contribution in [2.24, 2.45) is 23.2 Å². The maximum Gasteiger partial charge on any atom is 0.0865 e. The molecule has 5 atom stereocenters. The van der Waals surface area contributed by atoms with E-state index in [9.17, 15) is 10.4 Å². The molecule has 2 nitrogen and oxygen atoms in total. The molecule has 19 heavy (non-hydrogen) atoms. The van der Waals surface area contributed by atoms with Crippen molar-refractivity contribution in [3.05, 3.63) is 0 Å². The van der Waals surface area contributed by atoms with Crippen molar-refractivity contribution in [1.29, 1.82) is 5.26 Å². The van der Waals surface area contributed by atoms with Gasteiger partial charge in [0, 0.05) is 0 Å². The van der Waals surface area contributed by atoms with Crippen LogP contribution in [0.3, 0.4) is 0 Å². The molecular weight excluding hydrogens is 234 g/mol. The fourth-order valence-electron chi connectivity index (χ4n) is 4.67. The summed E-state index contributed by atoms with van der Waals surface area (Å²) in [5, 5.41) is 21.2. The first-order chi connectivity index (χ1) is 8.97. The van der Waals surface area contributed by atoms with Gasteiger partial charge < -0.3 is 5.11 Å². The van der Waals surface area contributed by atoms with E-state index in [1.54, 1.807) is 0 Å². The molecule has 5 unspecified atom stereocenters. The molecule has 0 spiro atoms. The summed E-state index contributed by atoms with van der Waals surface area (Å²) in [4.78, 5) is 0. The highest BCUT2D eigenvalue weighted by Gasteiger charge is 2.56. The van der Waals surface area contributed by atoms with Crippen LogP contribution in [0.2, 0.25) is 0 Å². The summed E-state index contributed by atoms with van der Waals surface area (Å²) in [5.41, 5.74) is -1.23. The molecule has 2 rings (SSSR count). The fraction of sp³-hybridized carbons (Fsp3) is 0.941. The predicted molar refractivity (Wildman–Crippen MR) is 77.4 cm³/mol. The average Bonchev–Trinajstić information content (AvgIpc) is 2.43. The van der Waals surface area contributed by atoms with Crippen molar-refractivity contribution in [1.82, 2.24) is 0 Å². The lowest BCUT2D eigenvalue weighted by Crippen LogP contribution is -2.56. The molecule has 0 aromatic carbocycles. The number of nitrogens with zero attached hydrogens (tertiary/aromatic N) is 1. The highest BCUT2D eigenvalue weighted by Crippen LogP contribution is 2.55. The minimum Gasteiger partial charge on any atom is -0.388 e. The first-order valence-corrected chi connectivity index (χ1v) is 8.11. The molecule has 0 aromatic rings. The molecule has 2 saturated carbocycles. The summed E-state index contributed by atoms with van der Waals surface area (Å²) in [6.45, 7) is 6.64. The van der Waals surface area contributed by atoms with Gasteiger partial charge in [0.15, 0.2) is 0 Å². The first kappa shape index (κ1) is 14.9. The zero-order valence-corrected chi connectivity index (χ0v) is 12.8. The van der Waals surface area contributed by atoms with Crippen molar-refractivity contribution < 1.29 is 5.11 Å². The van der Waals surface area contributed by atoms with Gasteiger partial charge in [-0.25, -0.2) is 0 Å². The second kappa shape index (κ2) is 5.44. The van der Waals surface area contributed by atoms with E-state index in [0.717, 1.165) is 44.9 Å². The van der Waals surface area contributed by atoms with Crippen LogP contribution >= 0.6 is 0 Å². The third kappa shape index (κ3) is 2.42. The number of aliphatic hydroxyl groups is 1. The summed E-state index contributed by atoms with van der Waals surface area (Å²) in [6, 6.07) is 2.59. The van der Waals surface area contributed by atoms with Gasteiger partial charge in [0.05, 0.1) is 17.1 Å². The smallest absolute Gasteiger partial charge is 0.0865 e. The van der Waals surface area contributed by atoms with E-state index < -0.39 is 11.0 Å². The standard InChI is InChI=1S/C17H29NO/c1-4-15-6-5-8-16(11-15,12-18)17(19)9-7-13(2)10-14(17)3/h13-15,19H,4-11H2,1-3H3. The summed E-state index contributed by atoms with van der Waals surface area (Å²) in [6.07, 6.45) is 8.25. The number of hydrogen-bond donors (Lipinski definition) is 1. The molecular formula is C17H29NO. The molecule has 0 aromatic heterocycles. The number of hydrogen-bond acceptors (Lipinski definition) is 2. The van der Waals surface area contributed by atoms with Crippen molar-refractivity contribution in [3.8, 4) is 6.07 Å². The Kier molecular flexibility index (Phi) is 4.26. The quantitative estimate of drug-likeness (QED) is 0.808. The molecule has 2 aliphatic carbocycles. The Hall–Kier alpha value is -0.550. The lowest BCUT2D eigenvalue weighted by molar-refractivity contribution is -0.145. The van der Waals surface area contributed by atoms with Gasteiger partial charge in [0.25, 0.3) is 0 Å². The lowest BCUT2D eigenvalue weighted by atomic mass is 9.53. The van der Waals surface area contributed by atoms with Gasteiger partial charge in [-0.15, -0.1) is 0 Å². The van der Waals surface area contributed by atoms with Crippen molar-refractivity contribution in [3.63, 3.8) is 0 Å². The Bertz CT molecular complexity index is 361. The van der Waals surface area contributed by atoms with Crippen LogP contribution in [0.1, 0.15) is 72.1 Å². The highest BCUT2D eigenvalue weighted by molar-refractivity contribution is 5.16. The molecule has 1 N–H and O–H groups in total. The third-order valence-electron chi connectivity index (χ3n) is 6.06. The van der Waals surface area contributed by atoms with Crippen LogP contribution in [0.15, 0.2) is 0 Å². The fourth-order valence-corrected chi connectivity index (χ4v) is 4.67. The molecule has 0 aliphatic heterocycles. The second-order valence-electron chi connectivity index (χ2n) is 7.27. The summed E-state index contributed by atoms with van der Waals surface area (Å²) in [5.74, 6) is 1.58. The van der Waals surface area contributed by atoms with Gasteiger partial charge in [0.2, 0.25) is 0 Å². The molecule has 108 valence electrons. The van der Waals surface area contributed by atoms with E-state index in [0.29, 0.717) is 11.8 Å². The monoisotopic (exact) mass is 263 g/mol. The minimum atomic E-state index is -0.748. The maximum atomic E-state index is 11.3. The summed E-state index contributed by atoms with van der Waals surface area (Å²) >= 11 is 0. The van der Waals surface area contributed by atoms with Crippen LogP contribution in [-0.2, 0) is 0 Å². The zero-order chi connectivity index (χ0) is 14.1. The van der Waals surface area contributed by atoms with Gasteiger partial charge in [-0.1, -0.05) is 40.0 Å². The second-order valence-corrected chi connectivity index (χ2v) is 7.27. The van der Waals surface area contributed by atoms with Crippen LogP contribution in [0.5, 0.6) is 0 Å². The summed E-state index contributed by atoms with van der Waals surface area (Å²) in [7, 11) is 0. The topological polar surface area (TPSA) is 44.0 Å². The van der Waals surface area contributed by atoms with E-state index in [1.807, 2.05) is 0 Å². The van der Waals surface area contributed by atoms with Crippen LogP contribution in [0.4, 0.5) is 0 Å². The van der Waals surface area contributed by atoms with E-state index in [-0.39, 0.29) is 5.92 Å². The van der Waals surface area contributed by atoms with Gasteiger partial charge in [-0.2, -0.15) is 5.26 Å². The molecule has 2 heteroatoms. The Morgan fingerprint density at radius 1 is 1.26 bits per heavy atom. The normalized spacial score (nSPS) is 47.6. The van der Waals surface area contributed by atoms with Crippen LogP contribution < -0.4 is 0 Å². The number of rotatable bonds is 2. The lowest BCUT2D eigenvalue weighted by Gasteiger charge is -2.53. The molecule has 0 heterocycles. The maximum absolute atomic E-state index is 11.3. The largest absolute Gasteiger partial charge is 0.388 e. The van der Waals surface area contributed by atoms with Gasteiger partial charge in [-0.05, 0) is 49.9 Å². The molecule has 2 fully saturated rings. The predicted octanol–water partition coefficient (Wildman–Crippen LogP) is 4.28. The van der Waals surface area contributed by atoms with Crippen LogP contribution in [-0.4, -0.2) is 10.7 Å². The van der Waals surface area contributed by atoms with Crippen molar-refractivity contribution >= 4 is 0 Å². The van der Waals surface area contributed by atoms with E-state index in [1.165, 1.54) is 6.42 Å². The van der Waals surface area contributed by atoms with E-state index in [2.05, 4.69) is 26.8 Å². The van der Waals surface area contributed by atoms with E-state index >= 15 is 0 Å². The summed E-state index contributed by atoms with van der Waals surface area (Å²) < 4.78 is 0. The Morgan fingerprint density at radius 3 is 2.58 bits per heavy atom. The van der Waals surface area contributed by atoms with Gasteiger partial charge in [-0.3, -0.25) is 0 Å². The van der Waals surface area contributed by atoms with Crippen LogP contribution in [0.25, 0.3) is 0 Å². The first-order valence-electron chi connectivity index (χ1n) is 8.11. The Labute approximate surface area is 118 Å². The Balaban J connectivity index is 2.27. The molecule has 0 saturated heterocycles. The molecule has 0 radical (unpaired) electrons. The zero-order valence-electron chi connectivity index (χ0n) is 12.8. The number of nitriles is 1. The van der Waals surface area contributed by atoms with Gasteiger partial charge >= 0.3 is 0 Å². The average molecular weight is 263 g/mol. The SMILES string of the molecule is CCC1CCCC(C#N)(C2(O)CCC(C)CC2C)C1. The highest BCUT2D eigenvalue weighted by atomic mass is 16.3. The molecule has 0 bridgehead atoms. The minimum absolute atomic E-state index is 0.256. The van der Waals surface area contributed by atoms with Crippen LogP contribution in [0, 0.1) is 34.5 Å². The van der Waals surface area contributed by atoms with E-state index in [4.69, 9.17) is 0 Å². The Morgan fingerprint density at radius 2 is 2.00 bits per heavy atom. The van der Waals surface area contributed by atoms with Crippen molar-refractivity contribution in [2.45, 2.75) is 77.7 Å². The molecule has 2 aliphatic rings. The third-order valence-corrected chi connectivity index (χ3v) is 6.06. The van der Waals surface area contributed by atoms with Gasteiger partial charge in [0.1, 0.15) is 0 Å².